The summed E-state index contributed by atoms with van der Waals surface area (Å²) in [5, 5.41) is 0. The number of carbonyl (C=O) groups is 1. The van der Waals surface area contributed by atoms with Crippen molar-refractivity contribution in [2.45, 2.75) is 76.7 Å². The second-order valence-corrected chi connectivity index (χ2v) is 10.1. The average molecular weight is 427 g/mol. The average Bonchev–Trinajstić information content (AvgIpc) is 3.06. The molecule has 0 atom stereocenters. The molecule has 160 valence electrons. The van der Waals surface area contributed by atoms with Crippen LogP contribution in [0.5, 0.6) is 11.7 Å². The molecular weight excluding hydrogens is 396 g/mol. The summed E-state index contributed by atoms with van der Waals surface area (Å²) in [6.45, 7) is 12.8. The molecule has 1 aromatic heterocycles. The molecule has 1 aliphatic heterocycles. The number of fused-ring (bicyclic) bond motifs is 1. The first-order valence-corrected chi connectivity index (χ1v) is 11.4. The van der Waals surface area contributed by atoms with Crippen molar-refractivity contribution in [3.05, 3.63) is 41.2 Å². The number of ether oxygens (including phenoxy) is 2. The Hall–Kier alpha value is -2.32. The van der Waals surface area contributed by atoms with Crippen molar-refractivity contribution in [3.8, 4) is 23.5 Å². The van der Waals surface area contributed by atoms with Crippen LogP contribution in [0.15, 0.2) is 33.6 Å². The maximum Gasteiger partial charge on any atom is 0.313 e. The van der Waals surface area contributed by atoms with Crippen molar-refractivity contribution in [2.75, 3.05) is 5.75 Å². The van der Waals surface area contributed by atoms with E-state index in [4.69, 9.17) is 13.9 Å². The Labute approximate surface area is 183 Å². The van der Waals surface area contributed by atoms with Gasteiger partial charge in [-0.1, -0.05) is 33.6 Å². The van der Waals surface area contributed by atoms with Crippen LogP contribution in [0.4, 0.5) is 0 Å². The molecule has 2 aromatic rings. The summed E-state index contributed by atoms with van der Waals surface area (Å²) in [5.41, 5.74) is 1.93. The van der Waals surface area contributed by atoms with E-state index in [-0.39, 0.29) is 22.9 Å². The Balaban J connectivity index is 1.92. The molecule has 0 spiro atoms. The van der Waals surface area contributed by atoms with Gasteiger partial charge in [-0.05, 0) is 62.0 Å². The van der Waals surface area contributed by atoms with E-state index in [0.29, 0.717) is 12.2 Å². The molecule has 1 aliphatic rings. The summed E-state index contributed by atoms with van der Waals surface area (Å²) in [6.07, 6.45) is 2.04. The molecule has 0 unspecified atom stereocenters. The Morgan fingerprint density at radius 1 is 1.17 bits per heavy atom. The van der Waals surface area contributed by atoms with Crippen molar-refractivity contribution >= 4 is 17.7 Å². The second kappa shape index (κ2) is 8.81. The highest BCUT2D eigenvalue weighted by molar-refractivity contribution is 7.99. The van der Waals surface area contributed by atoms with Crippen LogP contribution in [-0.4, -0.2) is 17.3 Å². The number of esters is 1. The summed E-state index contributed by atoms with van der Waals surface area (Å²) in [7, 11) is 0. The lowest BCUT2D eigenvalue weighted by Gasteiger charge is -2.42. The van der Waals surface area contributed by atoms with E-state index in [1.165, 1.54) is 5.56 Å². The van der Waals surface area contributed by atoms with Crippen molar-refractivity contribution in [1.29, 1.82) is 0 Å². The summed E-state index contributed by atoms with van der Waals surface area (Å²) in [4.78, 5) is 12.7. The van der Waals surface area contributed by atoms with Crippen LogP contribution in [0.1, 0.15) is 77.7 Å². The van der Waals surface area contributed by atoms with Gasteiger partial charge in [0.2, 0.25) is 0 Å². The molecule has 0 bridgehead atoms. The van der Waals surface area contributed by atoms with E-state index in [1.54, 1.807) is 23.9 Å². The Bertz CT molecular complexity index is 988. The summed E-state index contributed by atoms with van der Waals surface area (Å²) in [6, 6.07) is 7.63. The molecule has 2 heterocycles. The highest BCUT2D eigenvalue weighted by Crippen LogP contribution is 2.46. The SMILES string of the molecule is CCCC(=O)Oc1ccc(C#Cc2cc3c(cc2SCC)OC(C)(C)CC3(C)C)o1. The van der Waals surface area contributed by atoms with Crippen LogP contribution in [0.25, 0.3) is 0 Å². The van der Waals surface area contributed by atoms with Gasteiger partial charge in [-0.3, -0.25) is 4.79 Å². The highest BCUT2D eigenvalue weighted by Gasteiger charge is 2.39. The lowest BCUT2D eigenvalue weighted by molar-refractivity contribution is -0.135. The molecule has 0 fully saturated rings. The van der Waals surface area contributed by atoms with Gasteiger partial charge in [0.15, 0.2) is 5.76 Å². The fourth-order valence-electron chi connectivity index (χ4n) is 3.98. The molecular formula is C25H30O4S. The third-order valence-electron chi connectivity index (χ3n) is 4.93. The van der Waals surface area contributed by atoms with Gasteiger partial charge in [-0.2, -0.15) is 0 Å². The zero-order valence-corrected chi connectivity index (χ0v) is 19.5. The van der Waals surface area contributed by atoms with E-state index >= 15 is 0 Å². The van der Waals surface area contributed by atoms with Crippen molar-refractivity contribution in [3.63, 3.8) is 0 Å². The number of hydrogen-bond donors (Lipinski definition) is 0. The van der Waals surface area contributed by atoms with Gasteiger partial charge in [0.25, 0.3) is 5.95 Å². The van der Waals surface area contributed by atoms with Crippen molar-refractivity contribution in [2.24, 2.45) is 0 Å². The Morgan fingerprint density at radius 3 is 2.63 bits per heavy atom. The quantitative estimate of drug-likeness (QED) is 0.317. The Morgan fingerprint density at radius 2 is 1.93 bits per heavy atom. The number of hydrogen-bond acceptors (Lipinski definition) is 5. The maximum absolute atomic E-state index is 11.6. The zero-order chi connectivity index (χ0) is 21.9. The highest BCUT2D eigenvalue weighted by atomic mass is 32.2. The summed E-state index contributed by atoms with van der Waals surface area (Å²) >= 11 is 1.75. The fourth-order valence-corrected chi connectivity index (χ4v) is 4.75. The van der Waals surface area contributed by atoms with Gasteiger partial charge in [0.1, 0.15) is 11.4 Å². The topological polar surface area (TPSA) is 48.7 Å². The van der Waals surface area contributed by atoms with Crippen LogP contribution < -0.4 is 9.47 Å². The van der Waals surface area contributed by atoms with Crippen LogP contribution in [0, 0.1) is 11.8 Å². The first kappa shape index (κ1) is 22.4. The molecule has 3 rings (SSSR count). The standard InChI is InChI=1S/C25H30O4S/c1-7-9-22(26)28-23-13-12-18(27-23)11-10-17-14-19-20(15-21(17)30-8-2)29-25(5,6)16-24(19,3)4/h12-15H,7-9,16H2,1-6H3. The predicted molar refractivity (Wildman–Crippen MR) is 120 cm³/mol. The van der Waals surface area contributed by atoms with Crippen LogP contribution in [0.2, 0.25) is 0 Å². The fraction of sp³-hybridized carbons (Fsp3) is 0.480. The van der Waals surface area contributed by atoms with Gasteiger partial charge in [0, 0.05) is 28.5 Å². The van der Waals surface area contributed by atoms with E-state index in [9.17, 15) is 4.79 Å². The number of thioether (sulfide) groups is 1. The summed E-state index contributed by atoms with van der Waals surface area (Å²) < 4.78 is 17.0. The zero-order valence-electron chi connectivity index (χ0n) is 18.7. The van der Waals surface area contributed by atoms with Gasteiger partial charge in [-0.25, -0.2) is 0 Å². The minimum absolute atomic E-state index is 0.00570. The lowest BCUT2D eigenvalue weighted by atomic mass is 9.73. The Kier molecular flexibility index (Phi) is 6.57. The molecule has 0 N–H and O–H groups in total. The minimum Gasteiger partial charge on any atom is -0.487 e. The second-order valence-electron chi connectivity index (χ2n) is 8.79. The minimum atomic E-state index is -0.298. The predicted octanol–water partition coefficient (Wildman–Crippen LogP) is 6.34. The van der Waals surface area contributed by atoms with Gasteiger partial charge >= 0.3 is 5.97 Å². The number of benzene rings is 1. The number of furan rings is 1. The molecule has 5 heteroatoms. The lowest BCUT2D eigenvalue weighted by Crippen LogP contribution is -2.41. The smallest absolute Gasteiger partial charge is 0.313 e. The van der Waals surface area contributed by atoms with E-state index in [2.05, 4.69) is 58.6 Å². The van der Waals surface area contributed by atoms with Crippen molar-refractivity contribution in [1.82, 2.24) is 0 Å². The first-order valence-electron chi connectivity index (χ1n) is 10.5. The molecule has 0 amide bonds. The molecule has 0 radical (unpaired) electrons. The normalized spacial score (nSPS) is 16.1. The molecule has 0 aliphatic carbocycles. The van der Waals surface area contributed by atoms with Crippen LogP contribution in [0.3, 0.4) is 0 Å². The van der Waals surface area contributed by atoms with Gasteiger partial charge < -0.3 is 13.9 Å². The molecule has 0 saturated carbocycles. The van der Waals surface area contributed by atoms with E-state index in [0.717, 1.165) is 34.8 Å². The van der Waals surface area contributed by atoms with E-state index in [1.807, 2.05) is 6.92 Å². The van der Waals surface area contributed by atoms with Crippen molar-refractivity contribution < 1.29 is 18.7 Å². The molecule has 30 heavy (non-hydrogen) atoms. The van der Waals surface area contributed by atoms with E-state index < -0.39 is 0 Å². The summed E-state index contributed by atoms with van der Waals surface area (Å²) in [5.74, 6) is 8.57. The first-order chi connectivity index (χ1) is 14.1. The number of rotatable bonds is 5. The third kappa shape index (κ3) is 5.23. The molecule has 0 saturated heterocycles. The van der Waals surface area contributed by atoms with Gasteiger partial charge in [0.05, 0.1) is 0 Å². The number of carbonyl (C=O) groups excluding carboxylic acids is 1. The third-order valence-corrected chi connectivity index (χ3v) is 5.87. The molecule has 4 nitrogen and oxygen atoms in total. The largest absolute Gasteiger partial charge is 0.487 e. The van der Waals surface area contributed by atoms with Crippen LogP contribution in [-0.2, 0) is 10.2 Å². The maximum atomic E-state index is 11.6. The molecule has 1 aromatic carbocycles. The van der Waals surface area contributed by atoms with Gasteiger partial charge in [-0.15, -0.1) is 11.8 Å². The van der Waals surface area contributed by atoms with Crippen LogP contribution >= 0.6 is 11.8 Å². The monoisotopic (exact) mass is 426 g/mol.